The Morgan fingerprint density at radius 2 is 1.75 bits per heavy atom. The Kier molecular flexibility index (Phi) is 2.43. The van der Waals surface area contributed by atoms with Crippen LogP contribution in [0.2, 0.25) is 0 Å². The highest BCUT2D eigenvalue weighted by molar-refractivity contribution is 4.87. The van der Waals surface area contributed by atoms with E-state index in [1.54, 1.807) is 0 Å². The van der Waals surface area contributed by atoms with Gasteiger partial charge in [-0.15, -0.1) is 0 Å². The van der Waals surface area contributed by atoms with Crippen LogP contribution in [0.15, 0.2) is 0 Å². The van der Waals surface area contributed by atoms with Gasteiger partial charge >= 0.3 is 0 Å². The molecule has 1 nitrogen and oxygen atoms in total. The van der Waals surface area contributed by atoms with Crippen molar-refractivity contribution < 1.29 is 8.78 Å². The Hall–Kier alpha value is -0.180. The molecule has 1 aliphatic heterocycles. The van der Waals surface area contributed by atoms with Gasteiger partial charge in [0.1, 0.15) is 0 Å². The fraction of sp³-hybridized carbons (Fsp3) is 1.00. The summed E-state index contributed by atoms with van der Waals surface area (Å²) < 4.78 is 24.7. The predicted molar refractivity (Wildman–Crippen MR) is 45.5 cm³/mol. The zero-order valence-electron chi connectivity index (χ0n) is 8.03. The van der Waals surface area contributed by atoms with E-state index >= 15 is 0 Å². The van der Waals surface area contributed by atoms with Crippen molar-refractivity contribution >= 4 is 0 Å². The van der Waals surface area contributed by atoms with E-state index in [1.165, 1.54) is 0 Å². The van der Waals surface area contributed by atoms with E-state index in [2.05, 4.69) is 20.8 Å². The molecule has 0 aliphatic carbocycles. The maximum Gasteiger partial charge on any atom is 0.272 e. The third-order valence-electron chi connectivity index (χ3n) is 2.09. The van der Waals surface area contributed by atoms with E-state index in [4.69, 9.17) is 0 Å². The minimum absolute atomic E-state index is 0.0386. The second-order valence-corrected chi connectivity index (χ2v) is 4.88. The zero-order chi connectivity index (χ0) is 9.41. The van der Waals surface area contributed by atoms with Crippen LogP contribution in [0.5, 0.6) is 0 Å². The number of rotatable bonds is 2. The largest absolute Gasteiger partial charge is 0.291 e. The van der Waals surface area contributed by atoms with E-state index in [0.29, 0.717) is 0 Å². The molecule has 0 unspecified atom stereocenters. The topological polar surface area (TPSA) is 3.24 Å². The minimum Gasteiger partial charge on any atom is -0.291 e. The number of halogens is 2. The fourth-order valence-electron chi connectivity index (χ4n) is 1.26. The van der Waals surface area contributed by atoms with Crippen LogP contribution in [-0.2, 0) is 0 Å². The second kappa shape index (κ2) is 2.95. The highest BCUT2D eigenvalue weighted by Crippen LogP contribution is 2.28. The van der Waals surface area contributed by atoms with Gasteiger partial charge in [0.25, 0.3) is 5.92 Å². The van der Waals surface area contributed by atoms with Gasteiger partial charge in [0.05, 0.1) is 13.1 Å². The lowest BCUT2D eigenvalue weighted by atomic mass is 9.91. The number of hydrogen-bond donors (Lipinski definition) is 0. The minimum atomic E-state index is -2.40. The molecule has 0 atom stereocenters. The predicted octanol–water partition coefficient (Wildman–Crippen LogP) is 2.37. The molecule has 72 valence electrons. The summed E-state index contributed by atoms with van der Waals surface area (Å²) in [6.07, 6.45) is 0.989. The number of hydrogen-bond acceptors (Lipinski definition) is 1. The lowest BCUT2D eigenvalue weighted by Crippen LogP contribution is -2.56. The second-order valence-electron chi connectivity index (χ2n) is 4.88. The van der Waals surface area contributed by atoms with E-state index in [0.717, 1.165) is 13.0 Å². The lowest BCUT2D eigenvalue weighted by Gasteiger charge is -2.39. The first kappa shape index (κ1) is 9.90. The van der Waals surface area contributed by atoms with Crippen LogP contribution in [0.4, 0.5) is 8.78 Å². The standard InChI is InChI=1S/C9H17F2N/c1-8(2,3)4-5-12-6-9(10,11)7-12/h4-7H2,1-3H3. The third kappa shape index (κ3) is 3.05. The van der Waals surface area contributed by atoms with Gasteiger partial charge in [-0.05, 0) is 18.4 Å². The first-order chi connectivity index (χ1) is 5.29. The van der Waals surface area contributed by atoms with Crippen molar-refractivity contribution in [2.75, 3.05) is 19.6 Å². The summed E-state index contributed by atoms with van der Waals surface area (Å²) >= 11 is 0. The smallest absolute Gasteiger partial charge is 0.272 e. The summed E-state index contributed by atoms with van der Waals surface area (Å²) in [5.74, 6) is -2.40. The van der Waals surface area contributed by atoms with Crippen molar-refractivity contribution in [3.05, 3.63) is 0 Å². The van der Waals surface area contributed by atoms with Crippen molar-refractivity contribution in [2.24, 2.45) is 5.41 Å². The Balaban J connectivity index is 2.12. The molecule has 12 heavy (non-hydrogen) atoms. The molecule has 0 amide bonds. The molecule has 1 heterocycles. The summed E-state index contributed by atoms with van der Waals surface area (Å²) in [7, 11) is 0. The first-order valence-electron chi connectivity index (χ1n) is 4.39. The Labute approximate surface area is 72.7 Å². The Bertz CT molecular complexity index is 152. The van der Waals surface area contributed by atoms with E-state index in [-0.39, 0.29) is 18.5 Å². The first-order valence-corrected chi connectivity index (χ1v) is 4.39. The molecule has 0 radical (unpaired) electrons. The Morgan fingerprint density at radius 3 is 2.08 bits per heavy atom. The summed E-state index contributed by atoms with van der Waals surface area (Å²) in [5, 5.41) is 0. The maximum atomic E-state index is 12.4. The lowest BCUT2D eigenvalue weighted by molar-refractivity contribution is -0.132. The average molecular weight is 177 g/mol. The van der Waals surface area contributed by atoms with Gasteiger partial charge in [0.15, 0.2) is 0 Å². The van der Waals surface area contributed by atoms with Crippen LogP contribution in [0, 0.1) is 5.41 Å². The molecule has 1 aliphatic rings. The maximum absolute atomic E-state index is 12.4. The van der Waals surface area contributed by atoms with Crippen molar-refractivity contribution in [2.45, 2.75) is 33.1 Å². The normalized spacial score (nSPS) is 23.8. The van der Waals surface area contributed by atoms with Crippen LogP contribution in [0.3, 0.4) is 0 Å². The van der Waals surface area contributed by atoms with Gasteiger partial charge in [-0.1, -0.05) is 20.8 Å². The zero-order valence-corrected chi connectivity index (χ0v) is 8.03. The summed E-state index contributed by atoms with van der Waals surface area (Å²) in [5.41, 5.74) is 0.255. The molecule has 0 aromatic carbocycles. The van der Waals surface area contributed by atoms with Crippen molar-refractivity contribution in [3.63, 3.8) is 0 Å². The SMILES string of the molecule is CC(C)(C)CCN1CC(F)(F)C1. The van der Waals surface area contributed by atoms with Gasteiger partial charge < -0.3 is 0 Å². The van der Waals surface area contributed by atoms with Gasteiger partial charge in [-0.25, -0.2) is 8.78 Å². The van der Waals surface area contributed by atoms with Crippen LogP contribution in [0.25, 0.3) is 0 Å². The van der Waals surface area contributed by atoms with Crippen molar-refractivity contribution in [1.82, 2.24) is 4.90 Å². The van der Waals surface area contributed by atoms with Gasteiger partial charge in [0.2, 0.25) is 0 Å². The van der Waals surface area contributed by atoms with Crippen molar-refractivity contribution in [3.8, 4) is 0 Å². The summed E-state index contributed by atoms with van der Waals surface area (Å²) in [6.45, 7) is 7.12. The molecule has 0 aromatic rings. The summed E-state index contributed by atoms with van der Waals surface area (Å²) in [6, 6.07) is 0. The Morgan fingerprint density at radius 1 is 1.25 bits per heavy atom. The number of nitrogens with zero attached hydrogens (tertiary/aromatic N) is 1. The molecule has 0 bridgehead atoms. The van der Waals surface area contributed by atoms with Gasteiger partial charge in [0, 0.05) is 0 Å². The quantitative estimate of drug-likeness (QED) is 0.626. The van der Waals surface area contributed by atoms with Crippen LogP contribution in [0.1, 0.15) is 27.2 Å². The molecule has 0 N–H and O–H groups in total. The van der Waals surface area contributed by atoms with E-state index in [1.807, 2.05) is 4.90 Å². The molecule has 1 fully saturated rings. The summed E-state index contributed by atoms with van der Waals surface area (Å²) in [4.78, 5) is 1.81. The van der Waals surface area contributed by atoms with Gasteiger partial charge in [-0.2, -0.15) is 0 Å². The van der Waals surface area contributed by atoms with E-state index < -0.39 is 5.92 Å². The monoisotopic (exact) mass is 177 g/mol. The van der Waals surface area contributed by atoms with Crippen molar-refractivity contribution in [1.29, 1.82) is 0 Å². The average Bonchev–Trinajstić information content (AvgIpc) is 1.76. The highest BCUT2D eigenvalue weighted by Gasteiger charge is 2.43. The van der Waals surface area contributed by atoms with E-state index in [9.17, 15) is 8.78 Å². The van der Waals surface area contributed by atoms with Crippen LogP contribution >= 0.6 is 0 Å². The number of alkyl halides is 2. The molecule has 1 saturated heterocycles. The third-order valence-corrected chi connectivity index (χ3v) is 2.09. The van der Waals surface area contributed by atoms with Crippen LogP contribution < -0.4 is 0 Å². The fourth-order valence-corrected chi connectivity index (χ4v) is 1.26. The molecule has 0 aromatic heterocycles. The number of likely N-dealkylation sites (tertiary alicyclic amines) is 1. The van der Waals surface area contributed by atoms with Crippen LogP contribution in [-0.4, -0.2) is 30.5 Å². The van der Waals surface area contributed by atoms with Gasteiger partial charge in [-0.3, -0.25) is 4.90 Å². The molecule has 0 spiro atoms. The molecular formula is C9H17F2N. The molecular weight excluding hydrogens is 160 g/mol. The highest BCUT2D eigenvalue weighted by atomic mass is 19.3. The molecule has 3 heteroatoms. The molecule has 1 rings (SSSR count). The molecule has 0 saturated carbocycles.